The van der Waals surface area contributed by atoms with E-state index in [0.29, 0.717) is 24.1 Å². The van der Waals surface area contributed by atoms with Gasteiger partial charge in [-0.3, -0.25) is 0 Å². The van der Waals surface area contributed by atoms with Crippen LogP contribution in [-0.2, 0) is 9.47 Å². The van der Waals surface area contributed by atoms with Crippen LogP contribution >= 0.6 is 0 Å². The van der Waals surface area contributed by atoms with E-state index in [-0.39, 0.29) is 11.6 Å². The first-order chi connectivity index (χ1) is 12.3. The Kier molecular flexibility index (Phi) is 6.78. The number of ether oxygens (including phenoxy) is 2. The van der Waals surface area contributed by atoms with Crippen molar-refractivity contribution in [1.82, 2.24) is 4.98 Å². The van der Waals surface area contributed by atoms with Crippen molar-refractivity contribution in [2.75, 3.05) is 25.6 Å². The average molecular weight is 362 g/mol. The molecule has 0 saturated carbocycles. The fourth-order valence-electron chi connectivity index (χ4n) is 2.57. The molecule has 2 rings (SSSR count). The van der Waals surface area contributed by atoms with Crippen molar-refractivity contribution < 1.29 is 13.9 Å². The Morgan fingerprint density at radius 1 is 1.15 bits per heavy atom. The zero-order valence-electron chi connectivity index (χ0n) is 16.4. The van der Waals surface area contributed by atoms with E-state index in [9.17, 15) is 4.79 Å². The lowest BCUT2D eigenvalue weighted by atomic mass is 9.98. The molecular formula is C20H30N2O4. The van der Waals surface area contributed by atoms with Crippen LogP contribution in [0.1, 0.15) is 47.0 Å². The summed E-state index contributed by atoms with van der Waals surface area (Å²) in [5.74, 6) is 0. The topological polar surface area (TPSA) is 73.6 Å². The molecule has 2 unspecified atom stereocenters. The molecule has 6 nitrogen and oxygen atoms in total. The van der Waals surface area contributed by atoms with E-state index in [2.05, 4.69) is 31.1 Å². The van der Waals surface area contributed by atoms with Crippen molar-refractivity contribution in [2.45, 2.75) is 58.2 Å². The Morgan fingerprint density at radius 3 is 2.50 bits per heavy atom. The third-order valence-corrected chi connectivity index (χ3v) is 5.22. The summed E-state index contributed by atoms with van der Waals surface area (Å²) < 4.78 is 17.0. The molecule has 2 aromatic rings. The molecule has 1 N–H and O–H groups in total. The molecule has 26 heavy (non-hydrogen) atoms. The van der Waals surface area contributed by atoms with E-state index in [1.54, 1.807) is 25.3 Å². The molecule has 1 aromatic carbocycles. The Balaban J connectivity index is 2.00. The molecule has 144 valence electrons. The lowest BCUT2D eigenvalue weighted by molar-refractivity contribution is -0.0691. The fourth-order valence-corrected chi connectivity index (χ4v) is 2.57. The van der Waals surface area contributed by atoms with Gasteiger partial charge in [-0.2, -0.15) is 4.98 Å². The smallest absolute Gasteiger partial charge is 0.348 e. The van der Waals surface area contributed by atoms with Gasteiger partial charge in [0.15, 0.2) is 0 Å². The largest absolute Gasteiger partial charge is 0.389 e. The molecule has 0 aliphatic heterocycles. The minimum Gasteiger partial charge on any atom is -0.389 e. The number of methoxy groups -OCH3 is 1. The molecule has 0 amide bonds. The Bertz CT molecular complexity index is 770. The molecule has 0 saturated heterocycles. The second-order valence-corrected chi connectivity index (χ2v) is 7.09. The summed E-state index contributed by atoms with van der Waals surface area (Å²) in [7, 11) is 1.73. The highest BCUT2D eigenvalue weighted by atomic mass is 16.5. The van der Waals surface area contributed by atoms with Crippen LogP contribution in [0.2, 0.25) is 0 Å². The molecule has 0 aliphatic carbocycles. The molecule has 0 fully saturated rings. The predicted molar refractivity (Wildman–Crippen MR) is 104 cm³/mol. The van der Waals surface area contributed by atoms with Gasteiger partial charge in [0.25, 0.3) is 6.01 Å². The fraction of sp³-hybridized carbons (Fsp3) is 0.600. The molecule has 1 heterocycles. The third-order valence-electron chi connectivity index (χ3n) is 5.22. The Morgan fingerprint density at radius 2 is 1.85 bits per heavy atom. The Labute approximate surface area is 154 Å². The molecule has 0 bridgehead atoms. The molecule has 2 atom stereocenters. The normalized spacial score (nSPS) is 16.2. The van der Waals surface area contributed by atoms with Gasteiger partial charge in [-0.1, -0.05) is 26.0 Å². The SMILES string of the molecule is CCC(C)(CCOC(C)(CC)CNc1nc2ccccc2c(=O)o1)OC. The molecule has 0 radical (unpaired) electrons. The number of fused-ring (bicyclic) bond motifs is 1. The maximum atomic E-state index is 12.1. The predicted octanol–water partition coefficient (Wildman–Crippen LogP) is 3.99. The van der Waals surface area contributed by atoms with Gasteiger partial charge in [-0.15, -0.1) is 0 Å². The van der Waals surface area contributed by atoms with E-state index in [4.69, 9.17) is 13.9 Å². The van der Waals surface area contributed by atoms with Crippen LogP contribution in [0, 0.1) is 0 Å². The van der Waals surface area contributed by atoms with Crippen molar-refractivity contribution in [3.8, 4) is 0 Å². The highest BCUT2D eigenvalue weighted by Crippen LogP contribution is 2.22. The van der Waals surface area contributed by atoms with Crippen LogP contribution in [-0.4, -0.2) is 36.4 Å². The van der Waals surface area contributed by atoms with Crippen molar-refractivity contribution >= 4 is 16.9 Å². The average Bonchev–Trinajstić information content (AvgIpc) is 2.66. The summed E-state index contributed by atoms with van der Waals surface area (Å²) in [6.07, 6.45) is 2.56. The van der Waals surface area contributed by atoms with Gasteiger partial charge in [-0.25, -0.2) is 4.79 Å². The number of rotatable bonds is 10. The van der Waals surface area contributed by atoms with Gasteiger partial charge in [0, 0.05) is 13.7 Å². The van der Waals surface area contributed by atoms with Crippen LogP contribution in [0.5, 0.6) is 0 Å². The van der Waals surface area contributed by atoms with Gasteiger partial charge in [0.1, 0.15) is 0 Å². The highest BCUT2D eigenvalue weighted by molar-refractivity contribution is 5.77. The summed E-state index contributed by atoms with van der Waals surface area (Å²) in [4.78, 5) is 16.4. The van der Waals surface area contributed by atoms with Crippen molar-refractivity contribution in [3.63, 3.8) is 0 Å². The minimum atomic E-state index is -0.395. The van der Waals surface area contributed by atoms with E-state index in [0.717, 1.165) is 19.3 Å². The number of anilines is 1. The minimum absolute atomic E-state index is 0.172. The van der Waals surface area contributed by atoms with E-state index < -0.39 is 11.2 Å². The monoisotopic (exact) mass is 362 g/mol. The maximum Gasteiger partial charge on any atom is 0.348 e. The quantitative estimate of drug-likeness (QED) is 0.689. The number of hydrogen-bond acceptors (Lipinski definition) is 6. The van der Waals surface area contributed by atoms with Crippen LogP contribution < -0.4 is 10.9 Å². The Hall–Kier alpha value is -1.92. The van der Waals surface area contributed by atoms with Crippen LogP contribution in [0.4, 0.5) is 6.01 Å². The highest BCUT2D eigenvalue weighted by Gasteiger charge is 2.26. The first-order valence-corrected chi connectivity index (χ1v) is 9.17. The van der Waals surface area contributed by atoms with Gasteiger partial charge in [-0.05, 0) is 45.2 Å². The van der Waals surface area contributed by atoms with E-state index in [1.807, 2.05) is 13.0 Å². The standard InChI is InChI=1S/C20H30N2O4/c1-6-19(3,24-5)12-13-25-20(4,7-2)14-21-18-22-16-11-9-8-10-15(16)17(23)26-18/h8-11H,6-7,12-14H2,1-5H3,(H,21,22). The number of hydrogen-bond donors (Lipinski definition) is 1. The van der Waals surface area contributed by atoms with Crippen LogP contribution in [0.3, 0.4) is 0 Å². The maximum absolute atomic E-state index is 12.1. The first-order valence-electron chi connectivity index (χ1n) is 9.17. The number of benzene rings is 1. The van der Waals surface area contributed by atoms with Gasteiger partial charge in [0.05, 0.1) is 28.7 Å². The second kappa shape index (κ2) is 8.64. The zero-order valence-corrected chi connectivity index (χ0v) is 16.4. The molecule has 1 aromatic heterocycles. The summed E-state index contributed by atoms with van der Waals surface area (Å²) >= 11 is 0. The molecule has 0 spiro atoms. The molecular weight excluding hydrogens is 332 g/mol. The number of nitrogens with zero attached hydrogens (tertiary/aromatic N) is 1. The zero-order chi connectivity index (χ0) is 19.2. The third kappa shape index (κ3) is 5.05. The first kappa shape index (κ1) is 20.4. The summed E-state index contributed by atoms with van der Waals surface area (Å²) in [5.41, 5.74) is -0.344. The number of para-hydroxylation sites is 1. The van der Waals surface area contributed by atoms with Crippen LogP contribution in [0.15, 0.2) is 33.5 Å². The molecule has 0 aliphatic rings. The van der Waals surface area contributed by atoms with E-state index in [1.165, 1.54) is 0 Å². The molecule has 6 heteroatoms. The summed E-state index contributed by atoms with van der Waals surface area (Å²) in [5, 5.41) is 3.59. The van der Waals surface area contributed by atoms with E-state index >= 15 is 0 Å². The van der Waals surface area contributed by atoms with Crippen molar-refractivity contribution in [2.24, 2.45) is 0 Å². The van der Waals surface area contributed by atoms with Gasteiger partial charge >= 0.3 is 5.63 Å². The van der Waals surface area contributed by atoms with Crippen molar-refractivity contribution in [3.05, 3.63) is 34.7 Å². The summed E-state index contributed by atoms with van der Waals surface area (Å²) in [6, 6.07) is 7.35. The number of aromatic nitrogens is 1. The van der Waals surface area contributed by atoms with Crippen molar-refractivity contribution in [1.29, 1.82) is 0 Å². The lowest BCUT2D eigenvalue weighted by Gasteiger charge is -2.32. The second-order valence-electron chi connectivity index (χ2n) is 7.09. The number of nitrogens with one attached hydrogen (secondary N) is 1. The van der Waals surface area contributed by atoms with Gasteiger partial charge in [0.2, 0.25) is 0 Å². The van der Waals surface area contributed by atoms with Gasteiger partial charge < -0.3 is 19.2 Å². The summed E-state index contributed by atoms with van der Waals surface area (Å²) in [6.45, 7) is 9.40. The lowest BCUT2D eigenvalue weighted by Crippen LogP contribution is -2.38. The van der Waals surface area contributed by atoms with Crippen LogP contribution in [0.25, 0.3) is 10.9 Å².